The third kappa shape index (κ3) is 2.77. The van der Waals surface area contributed by atoms with Crippen LogP contribution in [0.15, 0.2) is 38.8 Å². The minimum absolute atomic E-state index is 0.898. The van der Waals surface area contributed by atoms with E-state index in [4.69, 9.17) is 0 Å². The fourth-order valence-corrected chi connectivity index (χ4v) is 4.57. The van der Waals surface area contributed by atoms with Crippen LogP contribution < -0.4 is 0 Å². The molecule has 0 unspecified atom stereocenters. The summed E-state index contributed by atoms with van der Waals surface area (Å²) in [6.07, 6.45) is 1.84. The molecule has 0 radical (unpaired) electrons. The van der Waals surface area contributed by atoms with Crippen molar-refractivity contribution in [3.05, 3.63) is 40.2 Å². The Hall–Kier alpha value is -0.690. The molecule has 6 heteroatoms. The highest BCUT2D eigenvalue weighted by molar-refractivity contribution is 8.00. The molecule has 0 aromatic carbocycles. The van der Waals surface area contributed by atoms with E-state index in [-0.39, 0.29) is 0 Å². The lowest BCUT2D eigenvalue weighted by atomic mass is 10.5. The highest BCUT2D eigenvalue weighted by atomic mass is 32.2. The number of hydrogen-bond donors (Lipinski definition) is 0. The van der Waals surface area contributed by atoms with Gasteiger partial charge in [-0.05, 0) is 11.4 Å². The highest BCUT2D eigenvalue weighted by Gasteiger charge is 2.06. The minimum Gasteiger partial charge on any atom is -0.239 e. The maximum absolute atomic E-state index is 4.64. The van der Waals surface area contributed by atoms with Crippen molar-refractivity contribution >= 4 is 45.8 Å². The Balaban J connectivity index is 1.69. The zero-order valence-corrected chi connectivity index (χ0v) is 12.0. The Morgan fingerprint density at radius 1 is 1.18 bits per heavy atom. The van der Waals surface area contributed by atoms with Gasteiger partial charge in [-0.25, -0.2) is 9.97 Å². The zero-order chi connectivity index (χ0) is 11.5. The number of hydrogen-bond acceptors (Lipinski definition) is 6. The quantitative estimate of drug-likeness (QED) is 0.657. The number of nitrogens with zero attached hydrogens (tertiary/aromatic N) is 2. The second-order valence-electron chi connectivity index (χ2n) is 3.21. The van der Waals surface area contributed by atoms with E-state index in [9.17, 15) is 0 Å². The van der Waals surface area contributed by atoms with E-state index in [1.54, 1.807) is 45.8 Å². The summed E-state index contributed by atoms with van der Waals surface area (Å²) in [5.41, 5.74) is 1.14. The number of thiazole rings is 2. The van der Waals surface area contributed by atoms with Crippen LogP contribution in [0, 0.1) is 0 Å². The molecular weight excluding hydrogens is 288 g/mol. The number of thioether (sulfide) groups is 1. The predicted molar refractivity (Wildman–Crippen MR) is 77.1 cm³/mol. The van der Waals surface area contributed by atoms with Gasteiger partial charge < -0.3 is 0 Å². The van der Waals surface area contributed by atoms with Crippen molar-refractivity contribution < 1.29 is 0 Å². The lowest BCUT2D eigenvalue weighted by Gasteiger charge is -1.92. The van der Waals surface area contributed by atoms with Gasteiger partial charge in [-0.2, -0.15) is 0 Å². The Bertz CT molecular complexity index is 568. The van der Waals surface area contributed by atoms with Crippen molar-refractivity contribution in [1.82, 2.24) is 9.97 Å². The van der Waals surface area contributed by atoms with E-state index in [0.717, 1.165) is 20.8 Å². The van der Waals surface area contributed by atoms with Crippen molar-refractivity contribution in [3.8, 4) is 9.88 Å². The van der Waals surface area contributed by atoms with Gasteiger partial charge in [-0.15, -0.1) is 34.0 Å². The van der Waals surface area contributed by atoms with Crippen LogP contribution in [-0.2, 0) is 5.75 Å². The summed E-state index contributed by atoms with van der Waals surface area (Å²) in [6.45, 7) is 0. The van der Waals surface area contributed by atoms with Crippen molar-refractivity contribution in [1.29, 1.82) is 0 Å². The van der Waals surface area contributed by atoms with Crippen molar-refractivity contribution in [3.63, 3.8) is 0 Å². The van der Waals surface area contributed by atoms with Crippen LogP contribution in [0.2, 0.25) is 0 Å². The lowest BCUT2D eigenvalue weighted by molar-refractivity contribution is 1.21. The molecule has 0 aliphatic carbocycles. The van der Waals surface area contributed by atoms with Crippen molar-refractivity contribution in [2.75, 3.05) is 0 Å². The molecule has 0 aliphatic heterocycles. The monoisotopic (exact) mass is 296 g/mol. The Morgan fingerprint density at radius 3 is 2.94 bits per heavy atom. The summed E-state index contributed by atoms with van der Waals surface area (Å²) in [4.78, 5) is 10.1. The molecule has 0 bridgehead atoms. The van der Waals surface area contributed by atoms with Gasteiger partial charge in [0.2, 0.25) is 0 Å². The topological polar surface area (TPSA) is 25.8 Å². The van der Waals surface area contributed by atoms with Crippen LogP contribution in [0.25, 0.3) is 9.88 Å². The van der Waals surface area contributed by atoms with Gasteiger partial charge in [0.25, 0.3) is 0 Å². The second-order valence-corrected chi connectivity index (χ2v) is 7.13. The average Bonchev–Trinajstić information content (AvgIpc) is 3.09. The Morgan fingerprint density at radius 2 is 2.18 bits per heavy atom. The molecule has 0 atom stereocenters. The van der Waals surface area contributed by atoms with Gasteiger partial charge in [0.15, 0.2) is 0 Å². The molecule has 3 aromatic rings. The molecule has 2 nitrogen and oxygen atoms in total. The summed E-state index contributed by atoms with van der Waals surface area (Å²) in [5.74, 6) is 0.898. The van der Waals surface area contributed by atoms with E-state index in [0.29, 0.717) is 0 Å². The van der Waals surface area contributed by atoms with E-state index >= 15 is 0 Å². The van der Waals surface area contributed by atoms with Gasteiger partial charge in [0.05, 0.1) is 10.6 Å². The highest BCUT2D eigenvalue weighted by Crippen LogP contribution is 2.30. The fraction of sp³-hybridized carbons (Fsp3) is 0.0909. The molecule has 0 saturated heterocycles. The first-order valence-electron chi connectivity index (χ1n) is 4.92. The molecule has 17 heavy (non-hydrogen) atoms. The van der Waals surface area contributed by atoms with Crippen molar-refractivity contribution in [2.45, 2.75) is 10.1 Å². The summed E-state index contributed by atoms with van der Waals surface area (Å²) >= 11 is 6.87. The predicted octanol–water partition coefficient (Wildman–Crippen LogP) is 4.62. The van der Waals surface area contributed by atoms with Gasteiger partial charge in [0, 0.05) is 22.7 Å². The Labute approximate surface area is 115 Å². The first-order chi connectivity index (χ1) is 8.42. The molecule has 0 amide bonds. The molecular formula is C11H8N2S4. The van der Waals surface area contributed by atoms with Gasteiger partial charge >= 0.3 is 0 Å². The van der Waals surface area contributed by atoms with Crippen LogP contribution in [0.4, 0.5) is 0 Å². The van der Waals surface area contributed by atoms with Crippen molar-refractivity contribution in [2.24, 2.45) is 0 Å². The first-order valence-corrected chi connectivity index (χ1v) is 8.55. The fourth-order valence-electron chi connectivity index (χ4n) is 1.30. The van der Waals surface area contributed by atoms with Gasteiger partial charge in [0.1, 0.15) is 9.35 Å². The molecule has 0 fully saturated rings. The molecule has 86 valence electrons. The van der Waals surface area contributed by atoms with E-state index < -0.39 is 0 Å². The van der Waals surface area contributed by atoms with Crippen LogP contribution in [0.5, 0.6) is 0 Å². The van der Waals surface area contributed by atoms with E-state index in [2.05, 4.69) is 32.9 Å². The maximum Gasteiger partial charge on any atom is 0.150 e. The summed E-state index contributed by atoms with van der Waals surface area (Å²) in [6, 6.07) is 4.17. The number of rotatable bonds is 4. The molecule has 0 spiro atoms. The smallest absolute Gasteiger partial charge is 0.150 e. The van der Waals surface area contributed by atoms with Crippen LogP contribution in [0.3, 0.4) is 0 Å². The first kappa shape index (κ1) is 11.4. The lowest BCUT2D eigenvalue weighted by Crippen LogP contribution is -1.80. The molecule has 0 N–H and O–H groups in total. The largest absolute Gasteiger partial charge is 0.239 e. The van der Waals surface area contributed by atoms with Crippen LogP contribution in [0.1, 0.15) is 5.69 Å². The van der Waals surface area contributed by atoms with E-state index in [1.165, 1.54) is 4.88 Å². The second kappa shape index (κ2) is 5.30. The van der Waals surface area contributed by atoms with Gasteiger partial charge in [-0.1, -0.05) is 17.8 Å². The van der Waals surface area contributed by atoms with Crippen LogP contribution in [-0.4, -0.2) is 9.97 Å². The molecule has 3 aromatic heterocycles. The number of thiophene rings is 1. The summed E-state index contributed by atoms with van der Waals surface area (Å²) in [5, 5.41) is 7.34. The Kier molecular flexibility index (Phi) is 3.56. The molecule has 0 saturated carbocycles. The minimum atomic E-state index is 0.898. The van der Waals surface area contributed by atoms with E-state index in [1.807, 2.05) is 11.6 Å². The normalized spacial score (nSPS) is 10.8. The van der Waals surface area contributed by atoms with Gasteiger partial charge in [-0.3, -0.25) is 0 Å². The maximum atomic E-state index is 4.64. The SMILES string of the molecule is c1csc(-c2nc(CSc3nccs3)cs2)c1. The number of aromatic nitrogens is 2. The standard InChI is InChI=1S/C11H8N2S4/c1-2-9(14-4-1)10-13-8(6-16-10)7-17-11-12-3-5-15-11/h1-6H,7H2. The molecule has 0 aliphatic rings. The zero-order valence-electron chi connectivity index (χ0n) is 8.70. The third-order valence-electron chi connectivity index (χ3n) is 2.04. The van der Waals surface area contributed by atoms with Crippen LogP contribution >= 0.6 is 45.8 Å². The third-order valence-corrected chi connectivity index (χ3v) is 5.97. The summed E-state index contributed by atoms with van der Waals surface area (Å²) in [7, 11) is 0. The molecule has 3 heterocycles. The summed E-state index contributed by atoms with van der Waals surface area (Å²) < 4.78 is 1.11. The molecule has 3 rings (SSSR count). The average molecular weight is 296 g/mol.